The van der Waals surface area contributed by atoms with E-state index < -0.39 is 4.92 Å². The fraction of sp³-hybridized carbons (Fsp3) is 0.577. The van der Waals surface area contributed by atoms with Gasteiger partial charge in [-0.2, -0.15) is 0 Å². The molecule has 1 aromatic rings. The number of nitro groups is 1. The fourth-order valence-corrected chi connectivity index (χ4v) is 0.978. The zero-order chi connectivity index (χ0) is 33.7. The molecule has 13 nitrogen and oxygen atoms in total. The van der Waals surface area contributed by atoms with Gasteiger partial charge in [-0.15, -0.1) is 0 Å². The minimum absolute atomic E-state index is 0.00407. The Bertz CT molecular complexity index is 585. The van der Waals surface area contributed by atoms with Gasteiger partial charge in [0.2, 0.25) is 0 Å². The van der Waals surface area contributed by atoms with Crippen LogP contribution in [0.2, 0.25) is 0 Å². The first kappa shape index (κ1) is 60.3. The van der Waals surface area contributed by atoms with Gasteiger partial charge in [-0.3, -0.25) is 19.7 Å². The number of carbonyl (C=O) groups excluding carboxylic acids is 4. The van der Waals surface area contributed by atoms with Gasteiger partial charge in [-0.05, 0) is 32.1 Å². The second kappa shape index (κ2) is 76.5. The van der Waals surface area contributed by atoms with Crippen LogP contribution in [0.1, 0.15) is 65.2 Å². The van der Waals surface area contributed by atoms with Crippen molar-refractivity contribution in [2.45, 2.75) is 61.0 Å². The summed E-state index contributed by atoms with van der Waals surface area (Å²) >= 11 is 0. The Morgan fingerprint density at radius 3 is 1.41 bits per heavy atom. The monoisotopic (exact) mass is 571 g/mol. The summed E-state index contributed by atoms with van der Waals surface area (Å²) in [6, 6.07) is 5.41. The first-order chi connectivity index (χ1) is 18.8. The van der Waals surface area contributed by atoms with Gasteiger partial charge in [0.1, 0.15) is 18.5 Å². The normalized spacial score (nSPS) is 9.28. The highest BCUT2D eigenvalue weighted by Crippen LogP contribution is 2.11. The number of aliphatic hydroxyl groups is 4. The Labute approximate surface area is 234 Å². The van der Waals surface area contributed by atoms with Gasteiger partial charge in [0.15, 0.2) is 0 Å². The summed E-state index contributed by atoms with van der Waals surface area (Å²) in [7, 11) is 5.35. The molecule has 0 saturated carbocycles. The van der Waals surface area contributed by atoms with Gasteiger partial charge in [-0.25, -0.2) is 4.79 Å². The van der Waals surface area contributed by atoms with Crippen molar-refractivity contribution in [2.75, 3.05) is 42.2 Å². The SMILES string of the molecule is C=C=O.CC.CC.CC=O.CCC1CO1.CO.CO.CO.CO.COC(C)=O.O=Cc1ccc([N+](=O)[O-])cc1. The molecule has 0 bridgehead atoms. The van der Waals surface area contributed by atoms with Crippen LogP contribution in [0.3, 0.4) is 0 Å². The van der Waals surface area contributed by atoms with Crippen LogP contribution in [0, 0.1) is 10.1 Å². The molecule has 1 aliphatic heterocycles. The van der Waals surface area contributed by atoms with Gasteiger partial charge in [-0.1, -0.05) is 34.6 Å². The van der Waals surface area contributed by atoms with E-state index in [-0.39, 0.29) is 11.7 Å². The second-order valence-electron chi connectivity index (χ2n) is 4.41. The molecule has 39 heavy (non-hydrogen) atoms. The number of benzene rings is 1. The molecule has 1 unspecified atom stereocenters. The van der Waals surface area contributed by atoms with E-state index in [1.807, 2.05) is 27.7 Å². The highest BCUT2D eigenvalue weighted by Gasteiger charge is 2.18. The van der Waals surface area contributed by atoms with Gasteiger partial charge < -0.3 is 34.7 Å². The van der Waals surface area contributed by atoms with E-state index in [0.29, 0.717) is 18.0 Å². The highest BCUT2D eigenvalue weighted by molar-refractivity contribution is 5.75. The summed E-state index contributed by atoms with van der Waals surface area (Å²) < 4.78 is 8.97. The molecule has 1 heterocycles. The zero-order valence-corrected chi connectivity index (χ0v) is 25.7. The summed E-state index contributed by atoms with van der Waals surface area (Å²) in [4.78, 5) is 46.7. The predicted molar refractivity (Wildman–Crippen MR) is 155 cm³/mol. The van der Waals surface area contributed by atoms with Crippen molar-refractivity contribution in [3.8, 4) is 0 Å². The number of non-ortho nitro benzene ring substituents is 1. The smallest absolute Gasteiger partial charge is 0.302 e. The maximum Gasteiger partial charge on any atom is 0.302 e. The number of epoxide rings is 1. The Morgan fingerprint density at radius 2 is 1.31 bits per heavy atom. The van der Waals surface area contributed by atoms with Crippen LogP contribution in [0.5, 0.6) is 0 Å². The van der Waals surface area contributed by atoms with Crippen LogP contribution in [-0.2, 0) is 23.9 Å². The number of carbonyl (C=O) groups is 3. The van der Waals surface area contributed by atoms with E-state index in [4.69, 9.17) is 34.8 Å². The topological polar surface area (TPSA) is 214 Å². The molecule has 234 valence electrons. The lowest BCUT2D eigenvalue weighted by molar-refractivity contribution is -0.384. The van der Waals surface area contributed by atoms with Crippen LogP contribution in [0.15, 0.2) is 30.8 Å². The third-order valence-electron chi connectivity index (χ3n) is 2.39. The molecule has 2 rings (SSSR count). The number of esters is 1. The number of aldehydes is 2. The third-order valence-corrected chi connectivity index (χ3v) is 2.39. The van der Waals surface area contributed by atoms with Crippen LogP contribution in [0.25, 0.3) is 0 Å². The number of hydrogen-bond donors (Lipinski definition) is 4. The number of nitro benzene ring substituents is 1. The van der Waals surface area contributed by atoms with Crippen molar-refractivity contribution in [3.63, 3.8) is 0 Å². The van der Waals surface area contributed by atoms with Crippen molar-refractivity contribution in [2.24, 2.45) is 0 Å². The summed E-state index contributed by atoms with van der Waals surface area (Å²) in [5.41, 5.74) is 0.436. The number of methoxy groups -OCH3 is 1. The standard InChI is InChI=1S/C7H5NO3.C4H8O.C3H6O2.C2H4O.C2H2O.2C2H6.4CH4O/c9-5-6-1-3-7(4-2-6)8(10)11;1-2-4-3-5-4;1-3(4)5-2;2*1-2-3;6*1-2/h1-5H;4H,2-3H2,1H3;1-2H3;2H,1H3;1H2;2*1-2H3;4*2H,1H3. The van der Waals surface area contributed by atoms with E-state index >= 15 is 0 Å². The first-order valence-corrected chi connectivity index (χ1v) is 11.5. The highest BCUT2D eigenvalue weighted by atomic mass is 16.6. The predicted octanol–water partition coefficient (Wildman–Crippen LogP) is 3.08. The minimum atomic E-state index is -0.505. The minimum Gasteiger partial charge on any atom is -0.469 e. The maximum atomic E-state index is 10.1. The van der Waals surface area contributed by atoms with Crippen LogP contribution < -0.4 is 0 Å². The van der Waals surface area contributed by atoms with Gasteiger partial charge in [0, 0.05) is 53.1 Å². The lowest BCUT2D eigenvalue weighted by atomic mass is 10.2. The summed E-state index contributed by atoms with van der Waals surface area (Å²) in [5, 5.41) is 38.1. The molecular weight excluding hydrogens is 518 g/mol. The summed E-state index contributed by atoms with van der Waals surface area (Å²) in [6.07, 6.45) is 3.22. The van der Waals surface area contributed by atoms with Crippen molar-refractivity contribution in [1.82, 2.24) is 0 Å². The number of aliphatic hydroxyl groups excluding tert-OH is 4. The molecule has 1 aromatic carbocycles. The molecule has 1 aliphatic rings. The molecule has 1 saturated heterocycles. The molecule has 1 atom stereocenters. The van der Waals surface area contributed by atoms with E-state index in [1.165, 1.54) is 57.6 Å². The average Bonchev–Trinajstić information content (AvgIpc) is 3.86. The molecule has 0 aliphatic carbocycles. The molecule has 0 spiro atoms. The van der Waals surface area contributed by atoms with Crippen molar-refractivity contribution in [1.29, 1.82) is 0 Å². The number of ether oxygens (including phenoxy) is 2. The molecule has 0 amide bonds. The number of rotatable bonds is 3. The molecular formula is C26H53NO12. The molecule has 0 radical (unpaired) electrons. The molecule has 4 N–H and O–H groups in total. The Kier molecular flexibility index (Phi) is 118. The molecule has 0 aromatic heterocycles. The number of nitrogens with zero attached hydrogens (tertiary/aromatic N) is 1. The Morgan fingerprint density at radius 1 is 1.05 bits per heavy atom. The van der Waals surface area contributed by atoms with E-state index in [9.17, 15) is 19.7 Å². The van der Waals surface area contributed by atoms with Crippen LogP contribution in [0.4, 0.5) is 5.69 Å². The lowest BCUT2D eigenvalue weighted by Crippen LogP contribution is -1.88. The zero-order valence-electron chi connectivity index (χ0n) is 25.7. The van der Waals surface area contributed by atoms with Crippen LogP contribution in [-0.4, -0.2) is 98.1 Å². The van der Waals surface area contributed by atoms with Crippen molar-refractivity contribution < 1.29 is 54.0 Å². The lowest BCUT2D eigenvalue weighted by Gasteiger charge is -1.89. The third kappa shape index (κ3) is 95.6. The summed E-state index contributed by atoms with van der Waals surface area (Å²) in [6.45, 7) is 16.6. The molecule has 1 fully saturated rings. The van der Waals surface area contributed by atoms with E-state index in [0.717, 1.165) is 41.3 Å². The second-order valence-corrected chi connectivity index (χ2v) is 4.41. The van der Waals surface area contributed by atoms with Gasteiger partial charge >= 0.3 is 5.97 Å². The van der Waals surface area contributed by atoms with Gasteiger partial charge in [0.25, 0.3) is 5.69 Å². The first-order valence-electron chi connectivity index (χ1n) is 11.5. The average molecular weight is 572 g/mol. The summed E-state index contributed by atoms with van der Waals surface area (Å²) in [5.74, 6) is 1.00. The maximum absolute atomic E-state index is 10.1. The fourth-order valence-electron chi connectivity index (χ4n) is 0.978. The largest absolute Gasteiger partial charge is 0.469 e. The van der Waals surface area contributed by atoms with Crippen LogP contribution >= 0.6 is 0 Å². The van der Waals surface area contributed by atoms with Gasteiger partial charge in [0.05, 0.1) is 24.7 Å². The quantitative estimate of drug-likeness (QED) is 0.103. The van der Waals surface area contributed by atoms with Crippen molar-refractivity contribution in [3.05, 3.63) is 46.5 Å². The van der Waals surface area contributed by atoms with E-state index in [1.54, 1.807) is 0 Å². The Hall–Kier alpha value is -3.32. The Balaban J connectivity index is -0.0000000399. The van der Waals surface area contributed by atoms with E-state index in [2.05, 4.69) is 18.2 Å². The number of hydrogen-bond acceptors (Lipinski definition) is 12. The molecule has 13 heteroatoms. The van der Waals surface area contributed by atoms with Crippen molar-refractivity contribution >= 4 is 30.2 Å².